The minimum atomic E-state index is -0.939. The van der Waals surface area contributed by atoms with Crippen LogP contribution in [0.4, 0.5) is 4.79 Å². The molecule has 0 bridgehead atoms. The molecule has 2 N–H and O–H groups in total. The van der Waals surface area contributed by atoms with Gasteiger partial charge in [0, 0.05) is 20.1 Å². The zero-order valence-electron chi connectivity index (χ0n) is 12.9. The molecule has 0 aliphatic heterocycles. The number of amides is 2. The van der Waals surface area contributed by atoms with Gasteiger partial charge in [-0.25, -0.2) is 9.59 Å². The molecule has 1 aromatic carbocycles. The Morgan fingerprint density at radius 1 is 1.29 bits per heavy atom. The van der Waals surface area contributed by atoms with Crippen molar-refractivity contribution in [1.82, 2.24) is 10.2 Å². The third kappa shape index (κ3) is 5.85. The summed E-state index contributed by atoms with van der Waals surface area (Å²) in [4.78, 5) is 24.6. The molecular weight excluding hydrogens is 268 g/mol. The number of carboxylic acids is 1. The van der Waals surface area contributed by atoms with Gasteiger partial charge in [-0.3, -0.25) is 0 Å². The number of benzene rings is 1. The van der Waals surface area contributed by atoms with Crippen molar-refractivity contribution in [2.75, 3.05) is 20.1 Å². The third-order valence-corrected chi connectivity index (χ3v) is 3.31. The summed E-state index contributed by atoms with van der Waals surface area (Å²) in [5.74, 6) is -0.381. The molecular formula is C16H24N2O3. The molecule has 0 aromatic heterocycles. The maximum Gasteiger partial charge on any atom is 0.335 e. The van der Waals surface area contributed by atoms with E-state index in [0.717, 1.165) is 18.5 Å². The molecule has 21 heavy (non-hydrogen) atoms. The number of rotatable bonds is 7. The summed E-state index contributed by atoms with van der Waals surface area (Å²) < 4.78 is 0. The van der Waals surface area contributed by atoms with E-state index in [2.05, 4.69) is 19.2 Å². The van der Waals surface area contributed by atoms with E-state index in [1.807, 2.05) is 0 Å². The fraction of sp³-hybridized carbons (Fsp3) is 0.500. The van der Waals surface area contributed by atoms with E-state index in [-0.39, 0.29) is 6.03 Å². The van der Waals surface area contributed by atoms with Crippen LogP contribution in [0.25, 0.3) is 0 Å². The SMILES string of the molecule is CC(C)CCN(C)C(=O)NCCc1ccccc1C(=O)O. The van der Waals surface area contributed by atoms with Gasteiger partial charge in [-0.05, 0) is 30.4 Å². The standard InChI is InChI=1S/C16H24N2O3/c1-12(2)9-11-18(3)16(21)17-10-8-13-6-4-5-7-14(13)15(19)20/h4-7,12H,8-11H2,1-3H3,(H,17,21)(H,19,20). The fourth-order valence-electron chi connectivity index (χ4n) is 1.94. The van der Waals surface area contributed by atoms with Crippen molar-refractivity contribution in [3.63, 3.8) is 0 Å². The number of nitrogens with one attached hydrogen (secondary N) is 1. The van der Waals surface area contributed by atoms with Gasteiger partial charge in [0.25, 0.3) is 0 Å². The van der Waals surface area contributed by atoms with Gasteiger partial charge < -0.3 is 15.3 Å². The fourth-order valence-corrected chi connectivity index (χ4v) is 1.94. The number of carboxylic acid groups (broad SMARTS) is 1. The van der Waals surface area contributed by atoms with Crippen LogP contribution in [0.5, 0.6) is 0 Å². The Labute approximate surface area is 126 Å². The molecule has 0 saturated heterocycles. The quantitative estimate of drug-likeness (QED) is 0.811. The molecule has 116 valence electrons. The molecule has 2 amide bonds. The summed E-state index contributed by atoms with van der Waals surface area (Å²) in [6.45, 7) is 5.38. The molecule has 0 aliphatic rings. The molecule has 0 heterocycles. The molecule has 0 spiro atoms. The Kier molecular flexibility index (Phi) is 6.72. The smallest absolute Gasteiger partial charge is 0.335 e. The maximum atomic E-state index is 11.9. The van der Waals surface area contributed by atoms with Crippen LogP contribution >= 0.6 is 0 Å². The van der Waals surface area contributed by atoms with Gasteiger partial charge in [0.05, 0.1) is 5.56 Å². The molecule has 0 saturated carbocycles. The van der Waals surface area contributed by atoms with E-state index in [4.69, 9.17) is 5.11 Å². The van der Waals surface area contributed by atoms with Crippen LogP contribution < -0.4 is 5.32 Å². The summed E-state index contributed by atoms with van der Waals surface area (Å²) in [6, 6.07) is 6.74. The molecule has 1 aromatic rings. The van der Waals surface area contributed by atoms with Crippen molar-refractivity contribution in [3.05, 3.63) is 35.4 Å². The van der Waals surface area contributed by atoms with Crippen LogP contribution in [0.3, 0.4) is 0 Å². The number of hydrogen-bond donors (Lipinski definition) is 2. The number of carbonyl (C=O) groups is 2. The van der Waals surface area contributed by atoms with Crippen LogP contribution in [0.2, 0.25) is 0 Å². The molecule has 5 nitrogen and oxygen atoms in total. The first-order chi connectivity index (χ1) is 9.91. The molecule has 0 unspecified atom stereocenters. The minimum Gasteiger partial charge on any atom is -0.478 e. The summed E-state index contributed by atoms with van der Waals surface area (Å²) in [5, 5.41) is 11.9. The van der Waals surface area contributed by atoms with Gasteiger partial charge >= 0.3 is 12.0 Å². The Morgan fingerprint density at radius 2 is 1.95 bits per heavy atom. The van der Waals surface area contributed by atoms with Crippen molar-refractivity contribution in [1.29, 1.82) is 0 Å². The number of urea groups is 1. The Morgan fingerprint density at radius 3 is 2.57 bits per heavy atom. The van der Waals surface area contributed by atoms with E-state index in [1.165, 1.54) is 0 Å². The first-order valence-corrected chi connectivity index (χ1v) is 7.22. The van der Waals surface area contributed by atoms with Gasteiger partial charge in [-0.15, -0.1) is 0 Å². The summed E-state index contributed by atoms with van der Waals surface area (Å²) in [6.07, 6.45) is 1.47. The number of nitrogens with zero attached hydrogens (tertiary/aromatic N) is 1. The average molecular weight is 292 g/mol. The Bertz CT molecular complexity index is 486. The molecule has 0 radical (unpaired) electrons. The van der Waals surface area contributed by atoms with E-state index in [9.17, 15) is 9.59 Å². The van der Waals surface area contributed by atoms with Crippen molar-refractivity contribution in [2.45, 2.75) is 26.7 Å². The van der Waals surface area contributed by atoms with Gasteiger partial charge in [0.2, 0.25) is 0 Å². The largest absolute Gasteiger partial charge is 0.478 e. The van der Waals surface area contributed by atoms with Crippen molar-refractivity contribution < 1.29 is 14.7 Å². The first kappa shape index (κ1) is 17.0. The summed E-state index contributed by atoms with van der Waals surface area (Å²) in [7, 11) is 1.77. The molecule has 0 fully saturated rings. The molecule has 5 heteroatoms. The van der Waals surface area contributed by atoms with Crippen LogP contribution in [0, 0.1) is 5.92 Å². The van der Waals surface area contributed by atoms with E-state index >= 15 is 0 Å². The second-order valence-electron chi connectivity index (χ2n) is 5.55. The van der Waals surface area contributed by atoms with Gasteiger partial charge in [0.1, 0.15) is 0 Å². The Hall–Kier alpha value is -2.04. The van der Waals surface area contributed by atoms with Crippen molar-refractivity contribution in [3.8, 4) is 0 Å². The lowest BCUT2D eigenvalue weighted by Crippen LogP contribution is -2.39. The molecule has 0 aliphatic carbocycles. The van der Waals surface area contributed by atoms with Crippen molar-refractivity contribution in [2.24, 2.45) is 5.92 Å². The lowest BCUT2D eigenvalue weighted by molar-refractivity contribution is 0.0695. The number of hydrogen-bond acceptors (Lipinski definition) is 2. The maximum absolute atomic E-state index is 11.9. The second kappa shape index (κ2) is 8.29. The highest BCUT2D eigenvalue weighted by molar-refractivity contribution is 5.89. The zero-order chi connectivity index (χ0) is 15.8. The highest BCUT2D eigenvalue weighted by Gasteiger charge is 2.11. The van der Waals surface area contributed by atoms with Crippen LogP contribution in [-0.2, 0) is 6.42 Å². The van der Waals surface area contributed by atoms with Crippen molar-refractivity contribution >= 4 is 12.0 Å². The van der Waals surface area contributed by atoms with Crippen LogP contribution in [0.15, 0.2) is 24.3 Å². The number of aromatic carboxylic acids is 1. The topological polar surface area (TPSA) is 69.6 Å². The monoisotopic (exact) mass is 292 g/mol. The first-order valence-electron chi connectivity index (χ1n) is 7.22. The minimum absolute atomic E-state index is 0.122. The lowest BCUT2D eigenvalue weighted by Gasteiger charge is -2.19. The van der Waals surface area contributed by atoms with Gasteiger partial charge in [-0.2, -0.15) is 0 Å². The lowest BCUT2D eigenvalue weighted by atomic mass is 10.0. The van der Waals surface area contributed by atoms with Crippen LogP contribution in [0.1, 0.15) is 36.2 Å². The predicted octanol–water partition coefficient (Wildman–Crippen LogP) is 2.61. The molecule has 0 atom stereocenters. The van der Waals surface area contributed by atoms with E-state index < -0.39 is 5.97 Å². The second-order valence-corrected chi connectivity index (χ2v) is 5.55. The highest BCUT2D eigenvalue weighted by atomic mass is 16.4. The Balaban J connectivity index is 2.43. The van der Waals surface area contributed by atoms with Gasteiger partial charge in [-0.1, -0.05) is 32.0 Å². The van der Waals surface area contributed by atoms with E-state index in [0.29, 0.717) is 24.4 Å². The molecule has 1 rings (SSSR count). The van der Waals surface area contributed by atoms with E-state index in [1.54, 1.807) is 36.2 Å². The number of carbonyl (C=O) groups excluding carboxylic acids is 1. The average Bonchev–Trinajstić information content (AvgIpc) is 2.44. The summed E-state index contributed by atoms with van der Waals surface area (Å²) in [5.41, 5.74) is 1.02. The third-order valence-electron chi connectivity index (χ3n) is 3.31. The normalized spacial score (nSPS) is 10.5. The predicted molar refractivity (Wildman–Crippen MR) is 82.6 cm³/mol. The zero-order valence-corrected chi connectivity index (χ0v) is 12.9. The highest BCUT2D eigenvalue weighted by Crippen LogP contribution is 2.09. The van der Waals surface area contributed by atoms with Crippen LogP contribution in [-0.4, -0.2) is 42.1 Å². The van der Waals surface area contributed by atoms with Gasteiger partial charge in [0.15, 0.2) is 0 Å². The summed E-state index contributed by atoms with van der Waals surface area (Å²) >= 11 is 0.